The van der Waals surface area contributed by atoms with Crippen molar-refractivity contribution in [2.75, 3.05) is 23.5 Å². The van der Waals surface area contributed by atoms with Gasteiger partial charge < -0.3 is 36.3 Å². The largest absolute Gasteiger partial charge is 0.548 e. The molecule has 1 saturated heterocycles. The molecule has 2 aromatic heterocycles. The number of carbonyl (C=O) groups excluding carboxylic acids is 1. The highest BCUT2D eigenvalue weighted by atomic mass is 32.2. The Morgan fingerprint density at radius 2 is 2.15 bits per heavy atom. The molecule has 6 N–H and O–H groups in total. The molecule has 1 aliphatic heterocycles. The molecule has 0 aliphatic carbocycles. The van der Waals surface area contributed by atoms with E-state index in [1.165, 1.54) is 17.2 Å². The molecule has 0 amide bonds. The van der Waals surface area contributed by atoms with Crippen LogP contribution < -0.4 is 16.6 Å². The van der Waals surface area contributed by atoms with Gasteiger partial charge in [-0.3, -0.25) is 4.57 Å². The molecule has 1 fully saturated rings. The van der Waals surface area contributed by atoms with Crippen molar-refractivity contribution < 1.29 is 24.9 Å². The number of aliphatic carboxylic acids is 1. The van der Waals surface area contributed by atoms with E-state index in [1.54, 1.807) is 0 Å². The number of imidazole rings is 1. The highest BCUT2D eigenvalue weighted by molar-refractivity contribution is 7.96. The van der Waals surface area contributed by atoms with Crippen molar-refractivity contribution in [1.82, 2.24) is 19.5 Å². The van der Waals surface area contributed by atoms with Gasteiger partial charge in [0, 0.05) is 12.5 Å². The Bertz CT molecular complexity index is 819. The Morgan fingerprint density at radius 3 is 2.85 bits per heavy atom. The lowest BCUT2D eigenvalue weighted by Gasteiger charge is -2.16. The van der Waals surface area contributed by atoms with Gasteiger partial charge in [-0.2, -0.15) is 0 Å². The number of rotatable bonds is 7. The molecule has 0 radical (unpaired) electrons. The Hall–Kier alpha value is -1.99. The number of anilines is 1. The second-order valence-electron chi connectivity index (χ2n) is 6.50. The number of fused-ring (bicyclic) bond motifs is 1. The van der Waals surface area contributed by atoms with Gasteiger partial charge in [0.05, 0.1) is 18.6 Å². The van der Waals surface area contributed by atoms with Crippen LogP contribution in [0.25, 0.3) is 11.2 Å². The molecule has 11 nitrogen and oxygen atoms in total. The molecule has 2 aromatic rings. The van der Waals surface area contributed by atoms with Crippen LogP contribution in [0.2, 0.25) is 0 Å². The van der Waals surface area contributed by atoms with Gasteiger partial charge in [-0.1, -0.05) is 0 Å². The van der Waals surface area contributed by atoms with Crippen LogP contribution in [-0.4, -0.2) is 77.8 Å². The maximum Gasteiger partial charge on any atom is 0.167 e. The van der Waals surface area contributed by atoms with Crippen molar-refractivity contribution in [2.45, 2.75) is 37.0 Å². The minimum Gasteiger partial charge on any atom is -0.548 e. The Balaban J connectivity index is 1.68. The summed E-state index contributed by atoms with van der Waals surface area (Å²) in [6.45, 7) is 0. The van der Waals surface area contributed by atoms with Gasteiger partial charge in [-0.15, -0.1) is 0 Å². The molecule has 27 heavy (non-hydrogen) atoms. The summed E-state index contributed by atoms with van der Waals surface area (Å²) < 4.78 is 7.39. The second-order valence-corrected chi connectivity index (χ2v) is 8.80. The summed E-state index contributed by atoms with van der Waals surface area (Å²) in [5.41, 5.74) is 12.0. The van der Waals surface area contributed by atoms with E-state index in [9.17, 15) is 20.1 Å². The summed E-state index contributed by atoms with van der Waals surface area (Å²) in [6, 6.07) is -1.02. The summed E-state index contributed by atoms with van der Waals surface area (Å²) in [6.07, 6.45) is 1.17. The molecular formula is C15H22N6O5S. The predicted octanol–water partition coefficient (Wildman–Crippen LogP) is -3.26. The summed E-state index contributed by atoms with van der Waals surface area (Å²) in [4.78, 5) is 22.8. The number of aliphatic hydroxyl groups excluding tert-OH is 2. The number of aliphatic hydroxyl groups is 2. The molecule has 12 heteroatoms. The number of aromatic nitrogens is 4. The van der Waals surface area contributed by atoms with Crippen molar-refractivity contribution in [3.8, 4) is 0 Å². The highest BCUT2D eigenvalue weighted by Gasteiger charge is 2.46. The maximum atomic E-state index is 10.7. The van der Waals surface area contributed by atoms with E-state index >= 15 is 0 Å². The minimum absolute atomic E-state index is 0.211. The van der Waals surface area contributed by atoms with Gasteiger partial charge in [0.25, 0.3) is 0 Å². The van der Waals surface area contributed by atoms with Gasteiger partial charge >= 0.3 is 0 Å². The van der Waals surface area contributed by atoms with Crippen LogP contribution in [0.4, 0.5) is 5.82 Å². The molecular weight excluding hydrogens is 376 g/mol. The van der Waals surface area contributed by atoms with E-state index < -0.39 is 36.6 Å². The third-order valence-corrected chi connectivity index (χ3v) is 6.36. The van der Waals surface area contributed by atoms with Crippen molar-refractivity contribution in [3.63, 3.8) is 0 Å². The molecule has 0 aromatic carbocycles. The lowest BCUT2D eigenvalue weighted by Crippen LogP contribution is -2.43. The number of ether oxygens (including phenoxy) is 1. The average Bonchev–Trinajstić information content (AvgIpc) is 3.17. The van der Waals surface area contributed by atoms with Crippen LogP contribution in [0.1, 0.15) is 12.6 Å². The zero-order valence-corrected chi connectivity index (χ0v) is 15.5. The molecule has 1 aliphatic rings. The first-order valence-corrected chi connectivity index (χ1v) is 10.3. The summed E-state index contributed by atoms with van der Waals surface area (Å²) in [5.74, 6) is -0.0611. The molecule has 3 heterocycles. The van der Waals surface area contributed by atoms with Gasteiger partial charge in [0.15, 0.2) is 17.7 Å². The average molecular weight is 398 g/mol. The molecule has 0 bridgehead atoms. The van der Waals surface area contributed by atoms with E-state index in [1.807, 2.05) is 6.26 Å². The Kier molecular flexibility index (Phi) is 5.81. The minimum atomic E-state index is -1.28. The van der Waals surface area contributed by atoms with E-state index in [0.717, 1.165) is 0 Å². The number of nitrogens with two attached hydrogens (primary N) is 2. The zero-order chi connectivity index (χ0) is 19.7. The lowest BCUT2D eigenvalue weighted by molar-refractivity contribution is -0.307. The summed E-state index contributed by atoms with van der Waals surface area (Å²) in [7, 11) is -0.263. The standard InChI is InChI=1S/C15H22N6O5S/c1-27(3-2-7(16)15(24)25)4-8-10(22)11(23)14(26-8)21-6-20-9-12(17)18-5-19-13(9)21/h5-8,10-11,14,22-23H,2-4,16H2,1H3,(H2-,17,18,19,24,25). The van der Waals surface area contributed by atoms with Crippen LogP contribution in [0.5, 0.6) is 0 Å². The molecule has 3 rings (SSSR count). The number of carboxylic acid groups (broad SMARTS) is 1. The van der Waals surface area contributed by atoms with Crippen molar-refractivity contribution in [2.24, 2.45) is 5.73 Å². The Morgan fingerprint density at radius 1 is 1.41 bits per heavy atom. The number of hydrogen-bond donors (Lipinski definition) is 4. The van der Waals surface area contributed by atoms with Crippen LogP contribution in [0, 0.1) is 0 Å². The molecule has 148 valence electrons. The third-order valence-electron chi connectivity index (χ3n) is 4.53. The van der Waals surface area contributed by atoms with E-state index in [4.69, 9.17) is 16.2 Å². The topological polar surface area (TPSA) is 185 Å². The molecule has 0 saturated carbocycles. The SMILES string of the molecule is C[S+](CCC(N)C(=O)[O-])CC1OC(n2cnc3c(N)ncnc32)C(O)C1O. The van der Waals surface area contributed by atoms with Crippen LogP contribution in [0.15, 0.2) is 12.7 Å². The van der Waals surface area contributed by atoms with Crippen molar-refractivity contribution in [1.29, 1.82) is 0 Å². The number of nitrogens with zero attached hydrogens (tertiary/aromatic N) is 4. The fourth-order valence-corrected chi connectivity index (χ4v) is 4.62. The zero-order valence-electron chi connectivity index (χ0n) is 14.6. The van der Waals surface area contributed by atoms with Crippen molar-refractivity contribution in [3.05, 3.63) is 12.7 Å². The van der Waals surface area contributed by atoms with Gasteiger partial charge in [0.1, 0.15) is 41.7 Å². The van der Waals surface area contributed by atoms with Crippen LogP contribution in [0.3, 0.4) is 0 Å². The first-order valence-electron chi connectivity index (χ1n) is 8.29. The van der Waals surface area contributed by atoms with E-state index in [2.05, 4.69) is 15.0 Å². The predicted molar refractivity (Wildman–Crippen MR) is 96.3 cm³/mol. The second kappa shape index (κ2) is 7.94. The smallest absolute Gasteiger partial charge is 0.167 e. The van der Waals surface area contributed by atoms with Gasteiger partial charge in [-0.05, 0) is 10.9 Å². The molecule has 6 unspecified atom stereocenters. The summed E-state index contributed by atoms with van der Waals surface area (Å²) >= 11 is 0. The third kappa shape index (κ3) is 3.99. The summed E-state index contributed by atoms with van der Waals surface area (Å²) in [5, 5.41) is 31.5. The van der Waals surface area contributed by atoms with E-state index in [0.29, 0.717) is 22.7 Å². The maximum absolute atomic E-state index is 10.7. The van der Waals surface area contributed by atoms with E-state index in [-0.39, 0.29) is 23.1 Å². The van der Waals surface area contributed by atoms with Gasteiger partial charge in [0.2, 0.25) is 0 Å². The fourth-order valence-electron chi connectivity index (χ4n) is 2.96. The van der Waals surface area contributed by atoms with Crippen LogP contribution in [-0.2, 0) is 20.4 Å². The lowest BCUT2D eigenvalue weighted by atomic mass is 10.1. The highest BCUT2D eigenvalue weighted by Crippen LogP contribution is 2.32. The van der Waals surface area contributed by atoms with Crippen molar-refractivity contribution >= 4 is 33.8 Å². The van der Waals surface area contributed by atoms with Crippen LogP contribution >= 0.6 is 0 Å². The first-order chi connectivity index (χ1) is 12.8. The monoisotopic (exact) mass is 398 g/mol. The molecule has 6 atom stereocenters. The quantitative estimate of drug-likeness (QED) is 0.345. The number of hydrogen-bond acceptors (Lipinski definition) is 10. The molecule has 0 spiro atoms. The fraction of sp³-hybridized carbons (Fsp3) is 0.600. The number of carboxylic acids is 1. The normalized spacial score (nSPS) is 27.7. The first kappa shape index (κ1) is 19.8. The van der Waals surface area contributed by atoms with Gasteiger partial charge in [-0.25, -0.2) is 15.0 Å². The number of nitrogen functional groups attached to an aromatic ring is 1. The number of carbonyl (C=O) groups is 1. The Labute approximate surface area is 157 Å².